The van der Waals surface area contributed by atoms with E-state index in [1.807, 2.05) is 6.07 Å². The number of nitrogens with zero attached hydrogens (tertiary/aromatic N) is 1. The molecular formula is C12H18N2O. The average molecular weight is 206 g/mol. The van der Waals surface area contributed by atoms with Gasteiger partial charge in [0.1, 0.15) is 5.75 Å². The van der Waals surface area contributed by atoms with Crippen LogP contribution >= 0.6 is 0 Å². The van der Waals surface area contributed by atoms with Crippen LogP contribution in [0.1, 0.15) is 18.4 Å². The highest BCUT2D eigenvalue weighted by Crippen LogP contribution is 2.37. The van der Waals surface area contributed by atoms with Crippen LogP contribution in [0.4, 0.5) is 5.69 Å². The van der Waals surface area contributed by atoms with Crippen molar-refractivity contribution in [2.75, 3.05) is 31.6 Å². The first-order chi connectivity index (χ1) is 7.26. The zero-order valence-corrected chi connectivity index (χ0v) is 9.36. The van der Waals surface area contributed by atoms with Gasteiger partial charge in [0.15, 0.2) is 0 Å². The molecule has 2 rings (SSSR count). The minimum atomic E-state index is 0.595. The zero-order chi connectivity index (χ0) is 10.8. The smallest absolute Gasteiger partial charge is 0.120 e. The van der Waals surface area contributed by atoms with E-state index in [2.05, 4.69) is 24.0 Å². The van der Waals surface area contributed by atoms with Crippen LogP contribution in [-0.4, -0.2) is 26.7 Å². The molecule has 0 amide bonds. The van der Waals surface area contributed by atoms with Crippen molar-refractivity contribution in [1.29, 1.82) is 0 Å². The third-order valence-electron chi connectivity index (χ3n) is 3.00. The second kappa shape index (κ2) is 4.11. The van der Waals surface area contributed by atoms with Crippen LogP contribution in [0.2, 0.25) is 0 Å². The van der Waals surface area contributed by atoms with Crippen molar-refractivity contribution < 1.29 is 4.74 Å². The van der Waals surface area contributed by atoms with E-state index in [1.165, 1.54) is 11.3 Å². The maximum absolute atomic E-state index is 5.61. The lowest BCUT2D eigenvalue weighted by molar-refractivity contribution is 0.415. The van der Waals surface area contributed by atoms with Gasteiger partial charge < -0.3 is 15.4 Å². The molecule has 0 spiro atoms. The summed E-state index contributed by atoms with van der Waals surface area (Å²) in [4.78, 5) is 2.34. The van der Waals surface area contributed by atoms with Gasteiger partial charge in [-0.05, 0) is 11.6 Å². The molecule has 15 heavy (non-hydrogen) atoms. The fourth-order valence-electron chi connectivity index (χ4n) is 2.24. The molecule has 1 aliphatic rings. The number of benzene rings is 1. The normalized spacial score (nSPS) is 19.1. The molecule has 3 nitrogen and oxygen atoms in total. The Morgan fingerprint density at radius 2 is 2.33 bits per heavy atom. The predicted octanol–water partition coefficient (Wildman–Crippen LogP) is 1.58. The van der Waals surface area contributed by atoms with Gasteiger partial charge in [-0.2, -0.15) is 0 Å². The lowest BCUT2D eigenvalue weighted by Gasteiger charge is -2.18. The lowest BCUT2D eigenvalue weighted by Crippen LogP contribution is -2.27. The molecule has 1 aromatic rings. The van der Waals surface area contributed by atoms with E-state index in [0.717, 1.165) is 18.8 Å². The molecule has 0 aromatic heterocycles. The summed E-state index contributed by atoms with van der Waals surface area (Å²) in [7, 11) is 1.70. The summed E-state index contributed by atoms with van der Waals surface area (Å²) in [6.45, 7) is 4.94. The van der Waals surface area contributed by atoms with Crippen molar-refractivity contribution in [2.45, 2.75) is 12.8 Å². The van der Waals surface area contributed by atoms with Gasteiger partial charge >= 0.3 is 0 Å². The van der Waals surface area contributed by atoms with Crippen molar-refractivity contribution in [3.8, 4) is 5.75 Å². The van der Waals surface area contributed by atoms with Gasteiger partial charge in [0.05, 0.1) is 7.11 Å². The number of fused-ring (bicyclic) bond motifs is 1. The number of rotatable bonds is 3. The number of ether oxygens (including phenoxy) is 1. The van der Waals surface area contributed by atoms with Crippen LogP contribution in [0.25, 0.3) is 0 Å². The van der Waals surface area contributed by atoms with Crippen LogP contribution in [0.15, 0.2) is 18.2 Å². The number of nitrogens with two attached hydrogens (primary N) is 1. The lowest BCUT2D eigenvalue weighted by atomic mass is 10.0. The summed E-state index contributed by atoms with van der Waals surface area (Å²) in [5, 5.41) is 0. The Labute approximate surface area is 90.8 Å². The van der Waals surface area contributed by atoms with Crippen molar-refractivity contribution in [1.82, 2.24) is 0 Å². The van der Waals surface area contributed by atoms with E-state index < -0.39 is 0 Å². The highest BCUT2D eigenvalue weighted by atomic mass is 16.5. The van der Waals surface area contributed by atoms with Gasteiger partial charge in [-0.15, -0.1) is 0 Å². The van der Waals surface area contributed by atoms with E-state index >= 15 is 0 Å². The van der Waals surface area contributed by atoms with E-state index in [0.29, 0.717) is 12.5 Å². The Kier molecular flexibility index (Phi) is 2.82. The molecule has 1 aliphatic heterocycles. The molecular weight excluding hydrogens is 188 g/mol. The van der Waals surface area contributed by atoms with Crippen LogP contribution < -0.4 is 15.4 Å². The van der Waals surface area contributed by atoms with Crippen LogP contribution in [-0.2, 0) is 0 Å². The summed E-state index contributed by atoms with van der Waals surface area (Å²) < 4.78 is 5.24. The summed E-state index contributed by atoms with van der Waals surface area (Å²) in [6.07, 6.45) is 0. The largest absolute Gasteiger partial charge is 0.497 e. The maximum Gasteiger partial charge on any atom is 0.120 e. The Balaban J connectivity index is 2.34. The molecule has 0 radical (unpaired) electrons. The average Bonchev–Trinajstić information content (AvgIpc) is 2.56. The highest BCUT2D eigenvalue weighted by molar-refractivity contribution is 5.62. The molecule has 2 N–H and O–H groups in total. The molecule has 0 saturated heterocycles. The zero-order valence-electron chi connectivity index (χ0n) is 9.36. The number of hydrogen-bond acceptors (Lipinski definition) is 3. The SMILES string of the molecule is COc1ccc2c(c1)N(CCN)CC2C. The summed E-state index contributed by atoms with van der Waals surface area (Å²) >= 11 is 0. The Hall–Kier alpha value is -1.22. The van der Waals surface area contributed by atoms with E-state index in [-0.39, 0.29) is 0 Å². The molecule has 1 atom stereocenters. The molecule has 3 heteroatoms. The van der Waals surface area contributed by atoms with Crippen molar-refractivity contribution in [3.63, 3.8) is 0 Å². The van der Waals surface area contributed by atoms with Crippen LogP contribution in [0, 0.1) is 0 Å². The number of methoxy groups -OCH3 is 1. The van der Waals surface area contributed by atoms with Gasteiger partial charge in [0.25, 0.3) is 0 Å². The summed E-state index contributed by atoms with van der Waals surface area (Å²) in [5.41, 5.74) is 8.30. The van der Waals surface area contributed by atoms with Crippen molar-refractivity contribution in [3.05, 3.63) is 23.8 Å². The minimum absolute atomic E-state index is 0.595. The molecule has 1 aromatic carbocycles. The molecule has 0 bridgehead atoms. The minimum Gasteiger partial charge on any atom is -0.497 e. The highest BCUT2D eigenvalue weighted by Gasteiger charge is 2.24. The molecule has 0 saturated carbocycles. The predicted molar refractivity (Wildman–Crippen MR) is 62.7 cm³/mol. The monoisotopic (exact) mass is 206 g/mol. The van der Waals surface area contributed by atoms with Gasteiger partial charge in [-0.25, -0.2) is 0 Å². The van der Waals surface area contributed by atoms with Gasteiger partial charge in [0.2, 0.25) is 0 Å². The van der Waals surface area contributed by atoms with Crippen molar-refractivity contribution >= 4 is 5.69 Å². The first kappa shape index (κ1) is 10.3. The first-order valence-corrected chi connectivity index (χ1v) is 5.39. The molecule has 1 heterocycles. The number of hydrogen-bond donors (Lipinski definition) is 1. The quantitative estimate of drug-likeness (QED) is 0.816. The fraction of sp³-hybridized carbons (Fsp3) is 0.500. The molecule has 82 valence electrons. The van der Waals surface area contributed by atoms with E-state index in [9.17, 15) is 0 Å². The second-order valence-corrected chi connectivity index (χ2v) is 4.06. The fourth-order valence-corrected chi connectivity index (χ4v) is 2.24. The van der Waals surface area contributed by atoms with E-state index in [4.69, 9.17) is 10.5 Å². The summed E-state index contributed by atoms with van der Waals surface area (Å²) in [6, 6.07) is 6.30. The second-order valence-electron chi connectivity index (χ2n) is 4.06. The van der Waals surface area contributed by atoms with Crippen LogP contribution in [0.3, 0.4) is 0 Å². The Morgan fingerprint density at radius 3 is 3.00 bits per heavy atom. The van der Waals surface area contributed by atoms with Gasteiger partial charge in [0, 0.05) is 37.3 Å². The van der Waals surface area contributed by atoms with Gasteiger partial charge in [-0.3, -0.25) is 0 Å². The molecule has 0 aliphatic carbocycles. The Bertz CT molecular complexity index is 351. The number of anilines is 1. The van der Waals surface area contributed by atoms with Gasteiger partial charge in [-0.1, -0.05) is 13.0 Å². The Morgan fingerprint density at radius 1 is 1.53 bits per heavy atom. The topological polar surface area (TPSA) is 38.5 Å². The van der Waals surface area contributed by atoms with E-state index in [1.54, 1.807) is 7.11 Å². The molecule has 1 unspecified atom stereocenters. The third kappa shape index (κ3) is 1.79. The standard InChI is InChI=1S/C12H18N2O/c1-9-8-14(6-5-13)12-7-10(15-2)3-4-11(9)12/h3-4,7,9H,5-6,8,13H2,1-2H3. The van der Waals surface area contributed by atoms with Crippen molar-refractivity contribution in [2.24, 2.45) is 5.73 Å². The third-order valence-corrected chi connectivity index (χ3v) is 3.00. The molecule has 0 fully saturated rings. The first-order valence-electron chi connectivity index (χ1n) is 5.39. The van der Waals surface area contributed by atoms with Crippen LogP contribution in [0.5, 0.6) is 5.75 Å². The summed E-state index contributed by atoms with van der Waals surface area (Å²) in [5.74, 6) is 1.52. The maximum atomic E-state index is 5.61.